The normalized spacial score (nSPS) is 11.1. The van der Waals surface area contributed by atoms with E-state index in [4.69, 9.17) is 4.74 Å². The predicted octanol–water partition coefficient (Wildman–Crippen LogP) is 5.64. The molecule has 0 atom stereocenters. The summed E-state index contributed by atoms with van der Waals surface area (Å²) in [7, 11) is 0. The number of amides is 1. The number of carbonyl (C=O) groups excluding carboxylic acids is 1. The number of aliphatic carboxylic acids is 1. The van der Waals surface area contributed by atoms with Crippen molar-refractivity contribution < 1.29 is 19.4 Å². The zero-order valence-electron chi connectivity index (χ0n) is 16.6. The van der Waals surface area contributed by atoms with Crippen LogP contribution < -0.4 is 10.1 Å². The molecule has 0 radical (unpaired) electrons. The Labute approximate surface area is 207 Å². The van der Waals surface area contributed by atoms with E-state index >= 15 is 0 Å². The molecule has 0 heterocycles. The molecule has 2 N–H and O–H groups in total. The molecule has 0 unspecified atom stereocenters. The van der Waals surface area contributed by atoms with Crippen molar-refractivity contribution in [1.82, 2.24) is 5.32 Å². The van der Waals surface area contributed by atoms with Crippen molar-refractivity contribution in [3.8, 4) is 5.75 Å². The lowest BCUT2D eigenvalue weighted by Gasteiger charge is -2.12. The Morgan fingerprint density at radius 2 is 1.68 bits per heavy atom. The first-order valence-electron chi connectivity index (χ1n) is 9.32. The van der Waals surface area contributed by atoms with E-state index in [1.54, 1.807) is 30.3 Å². The highest BCUT2D eigenvalue weighted by Gasteiger charge is 2.15. The molecule has 1 amide bonds. The fourth-order valence-corrected chi connectivity index (χ4v) is 4.99. The maximum absolute atomic E-state index is 12.3. The number of hydrogen-bond acceptors (Lipinski definition) is 3. The summed E-state index contributed by atoms with van der Waals surface area (Å²) in [4.78, 5) is 24.0. The first kappa shape index (κ1) is 23.3. The van der Waals surface area contributed by atoms with Crippen molar-refractivity contribution >= 4 is 63.1 Å². The molecule has 0 fully saturated rings. The SMILES string of the molecule is Cc1cccc(COc2c(I)cc(/C=C(/NC(=O)c3ccccc3)C(=O)O)cc2I)c1. The highest BCUT2D eigenvalue weighted by molar-refractivity contribution is 14.1. The number of carboxylic acids is 1. The van der Waals surface area contributed by atoms with E-state index in [0.29, 0.717) is 17.7 Å². The standard InChI is InChI=1S/C24H19I2NO4/c1-15-6-5-7-16(10-15)14-31-22-19(25)11-17(12-20(22)26)13-21(24(29)30)27-23(28)18-8-3-2-4-9-18/h2-13H,14H2,1H3,(H,27,28)(H,29,30)/b21-13+. The van der Waals surface area contributed by atoms with Gasteiger partial charge in [-0.1, -0.05) is 48.0 Å². The van der Waals surface area contributed by atoms with E-state index in [9.17, 15) is 14.7 Å². The maximum Gasteiger partial charge on any atom is 0.352 e. The number of hydrogen-bond donors (Lipinski definition) is 2. The Kier molecular flexibility index (Phi) is 8.08. The molecule has 0 spiro atoms. The van der Waals surface area contributed by atoms with Gasteiger partial charge >= 0.3 is 5.97 Å². The van der Waals surface area contributed by atoms with Crippen LogP contribution in [0.5, 0.6) is 5.75 Å². The largest absolute Gasteiger partial charge is 0.487 e. The van der Waals surface area contributed by atoms with Crippen LogP contribution in [0.25, 0.3) is 6.08 Å². The molecule has 7 heteroatoms. The number of nitrogens with one attached hydrogen (secondary N) is 1. The van der Waals surface area contributed by atoms with E-state index in [0.717, 1.165) is 18.5 Å². The van der Waals surface area contributed by atoms with Crippen LogP contribution in [0.1, 0.15) is 27.0 Å². The number of ether oxygens (including phenoxy) is 1. The van der Waals surface area contributed by atoms with Crippen LogP contribution >= 0.6 is 45.2 Å². The minimum Gasteiger partial charge on any atom is -0.487 e. The molecule has 0 bridgehead atoms. The molecule has 0 aliphatic rings. The Balaban J connectivity index is 1.80. The number of carboxylic acid groups (broad SMARTS) is 1. The van der Waals surface area contributed by atoms with Gasteiger partial charge in [-0.2, -0.15) is 0 Å². The fourth-order valence-electron chi connectivity index (χ4n) is 2.86. The second-order valence-corrected chi connectivity index (χ2v) is 9.10. The summed E-state index contributed by atoms with van der Waals surface area (Å²) in [5, 5.41) is 12.0. The zero-order chi connectivity index (χ0) is 22.4. The Morgan fingerprint density at radius 3 is 2.29 bits per heavy atom. The van der Waals surface area contributed by atoms with Crippen LogP contribution in [0.3, 0.4) is 0 Å². The van der Waals surface area contributed by atoms with Gasteiger partial charge in [-0.15, -0.1) is 0 Å². The van der Waals surface area contributed by atoms with Crippen molar-refractivity contribution in [3.63, 3.8) is 0 Å². The highest BCUT2D eigenvalue weighted by atomic mass is 127. The van der Waals surface area contributed by atoms with E-state index in [1.165, 1.54) is 11.6 Å². The summed E-state index contributed by atoms with van der Waals surface area (Å²) in [6.45, 7) is 2.48. The summed E-state index contributed by atoms with van der Waals surface area (Å²) in [5.41, 5.74) is 3.09. The Hall–Kier alpha value is -2.40. The van der Waals surface area contributed by atoms with E-state index in [2.05, 4.69) is 56.6 Å². The topological polar surface area (TPSA) is 75.6 Å². The van der Waals surface area contributed by atoms with Gasteiger partial charge in [0.15, 0.2) is 0 Å². The third-order valence-electron chi connectivity index (χ3n) is 4.31. The molecule has 0 aliphatic heterocycles. The monoisotopic (exact) mass is 639 g/mol. The van der Waals surface area contributed by atoms with Gasteiger partial charge in [-0.25, -0.2) is 4.79 Å². The average Bonchev–Trinajstić information content (AvgIpc) is 2.73. The highest BCUT2D eigenvalue weighted by Crippen LogP contribution is 2.30. The van der Waals surface area contributed by atoms with Gasteiger partial charge in [0, 0.05) is 5.56 Å². The van der Waals surface area contributed by atoms with Crippen LogP contribution in [0.4, 0.5) is 0 Å². The van der Waals surface area contributed by atoms with Crippen LogP contribution in [0.2, 0.25) is 0 Å². The predicted molar refractivity (Wildman–Crippen MR) is 137 cm³/mol. The van der Waals surface area contributed by atoms with Gasteiger partial charge in [0.25, 0.3) is 5.91 Å². The molecule has 0 aliphatic carbocycles. The smallest absolute Gasteiger partial charge is 0.352 e. The molecule has 0 aromatic heterocycles. The summed E-state index contributed by atoms with van der Waals surface area (Å²) in [6.07, 6.45) is 1.44. The molecule has 0 saturated carbocycles. The van der Waals surface area contributed by atoms with Crippen molar-refractivity contribution in [2.75, 3.05) is 0 Å². The van der Waals surface area contributed by atoms with Gasteiger partial charge < -0.3 is 15.2 Å². The number of aryl methyl sites for hydroxylation is 1. The van der Waals surface area contributed by atoms with Gasteiger partial charge in [0.1, 0.15) is 18.1 Å². The first-order chi connectivity index (χ1) is 14.8. The Morgan fingerprint density at radius 1 is 1.00 bits per heavy atom. The van der Waals surface area contributed by atoms with Crippen LogP contribution in [0, 0.1) is 14.1 Å². The number of rotatable bonds is 7. The summed E-state index contributed by atoms with van der Waals surface area (Å²) < 4.78 is 7.72. The number of carbonyl (C=O) groups is 2. The fraction of sp³-hybridized carbons (Fsp3) is 0.0833. The molecule has 0 saturated heterocycles. The molecule has 3 aromatic rings. The van der Waals surface area contributed by atoms with Crippen LogP contribution in [0.15, 0.2) is 72.4 Å². The minimum absolute atomic E-state index is 0.200. The molecule has 5 nitrogen and oxygen atoms in total. The third-order valence-corrected chi connectivity index (χ3v) is 5.91. The molecule has 31 heavy (non-hydrogen) atoms. The molecule has 3 aromatic carbocycles. The van der Waals surface area contributed by atoms with Crippen molar-refractivity contribution in [3.05, 3.63) is 102 Å². The molecule has 158 valence electrons. The summed E-state index contributed by atoms with van der Waals surface area (Å²) >= 11 is 4.33. The zero-order valence-corrected chi connectivity index (χ0v) is 20.9. The van der Waals surface area contributed by atoms with E-state index in [1.807, 2.05) is 37.3 Å². The number of halogens is 2. The molecular weight excluding hydrogens is 620 g/mol. The van der Waals surface area contributed by atoms with Crippen LogP contribution in [-0.2, 0) is 11.4 Å². The van der Waals surface area contributed by atoms with Gasteiger partial charge in [-0.3, -0.25) is 4.79 Å². The van der Waals surface area contributed by atoms with Gasteiger partial charge in [-0.05, 0) is 93.6 Å². The van der Waals surface area contributed by atoms with Crippen molar-refractivity contribution in [1.29, 1.82) is 0 Å². The van der Waals surface area contributed by atoms with E-state index in [-0.39, 0.29) is 5.70 Å². The molecular formula is C24H19I2NO4. The summed E-state index contributed by atoms with van der Waals surface area (Å²) in [6, 6.07) is 20.3. The second-order valence-electron chi connectivity index (χ2n) is 6.77. The van der Waals surface area contributed by atoms with Crippen molar-refractivity contribution in [2.45, 2.75) is 13.5 Å². The van der Waals surface area contributed by atoms with Gasteiger partial charge in [0.2, 0.25) is 0 Å². The number of benzene rings is 3. The molecule has 3 rings (SSSR count). The first-order valence-corrected chi connectivity index (χ1v) is 11.5. The minimum atomic E-state index is -1.21. The summed E-state index contributed by atoms with van der Waals surface area (Å²) in [5.74, 6) is -0.948. The third kappa shape index (κ3) is 6.54. The Bertz CT molecular complexity index is 1120. The lowest BCUT2D eigenvalue weighted by Crippen LogP contribution is -2.27. The van der Waals surface area contributed by atoms with Crippen LogP contribution in [-0.4, -0.2) is 17.0 Å². The lowest BCUT2D eigenvalue weighted by molar-refractivity contribution is -0.132. The van der Waals surface area contributed by atoms with Crippen molar-refractivity contribution in [2.24, 2.45) is 0 Å². The second kappa shape index (κ2) is 10.8. The van der Waals surface area contributed by atoms with Gasteiger partial charge in [0.05, 0.1) is 7.14 Å². The van der Waals surface area contributed by atoms with E-state index < -0.39 is 11.9 Å². The maximum atomic E-state index is 12.3. The quantitative estimate of drug-likeness (QED) is 0.260. The average molecular weight is 639 g/mol. The lowest BCUT2D eigenvalue weighted by atomic mass is 10.1.